The lowest BCUT2D eigenvalue weighted by atomic mass is 10.0. The van der Waals surface area contributed by atoms with E-state index in [1.54, 1.807) is 13.2 Å². The molecule has 0 aliphatic carbocycles. The van der Waals surface area contributed by atoms with Gasteiger partial charge in [-0.25, -0.2) is 0 Å². The maximum Gasteiger partial charge on any atom is 0.120 e. The normalized spacial score (nSPS) is 10.3. The number of hydrogen-bond donors (Lipinski definition) is 0. The van der Waals surface area contributed by atoms with Gasteiger partial charge < -0.3 is 4.74 Å². The van der Waals surface area contributed by atoms with Crippen LogP contribution in [-0.2, 0) is 12.8 Å². The Morgan fingerprint density at radius 3 is 2.29 bits per heavy atom. The molecule has 0 aliphatic rings. The topological polar surface area (TPSA) is 45.9 Å². The molecule has 0 aliphatic heterocycles. The van der Waals surface area contributed by atoms with E-state index in [0.29, 0.717) is 5.56 Å². The molecule has 0 amide bonds. The fraction of sp³-hybridized carbons (Fsp3) is 0.429. The van der Waals surface area contributed by atoms with Crippen molar-refractivity contribution in [3.05, 3.63) is 59.4 Å². The van der Waals surface area contributed by atoms with Gasteiger partial charge in [-0.1, -0.05) is 31.7 Å². The molecule has 0 atom stereocenters. The molecule has 1 heterocycles. The quantitative estimate of drug-likeness (QED) is 0.572. The molecule has 0 bridgehead atoms. The summed E-state index contributed by atoms with van der Waals surface area (Å²) in [5, 5.41) is 9.05. The SMILES string of the molecule is COc1cc(C#N)cc(CCCCCCCCc2cccnc2)c1. The number of nitrogens with zero attached hydrogens (tertiary/aromatic N) is 2. The minimum atomic E-state index is 0.680. The number of methoxy groups -OCH3 is 1. The van der Waals surface area contributed by atoms with Crippen LogP contribution < -0.4 is 4.74 Å². The highest BCUT2D eigenvalue weighted by Crippen LogP contribution is 2.19. The Labute approximate surface area is 145 Å². The molecule has 0 saturated heterocycles. The minimum absolute atomic E-state index is 0.680. The van der Waals surface area contributed by atoms with Crippen LogP contribution in [0, 0.1) is 11.3 Å². The third kappa shape index (κ3) is 6.42. The molecule has 1 aromatic heterocycles. The Balaban J connectivity index is 1.57. The molecule has 0 saturated carbocycles. The lowest BCUT2D eigenvalue weighted by Gasteiger charge is -2.06. The molecular weight excluding hydrogens is 296 g/mol. The van der Waals surface area contributed by atoms with Gasteiger partial charge in [-0.05, 0) is 61.1 Å². The number of aryl methyl sites for hydroxylation is 2. The molecule has 0 spiro atoms. The summed E-state index contributed by atoms with van der Waals surface area (Å²) in [5.41, 5.74) is 3.21. The lowest BCUT2D eigenvalue weighted by Crippen LogP contribution is -1.91. The van der Waals surface area contributed by atoms with E-state index in [9.17, 15) is 0 Å². The number of benzene rings is 1. The number of ether oxygens (including phenoxy) is 1. The highest BCUT2D eigenvalue weighted by Gasteiger charge is 2.01. The van der Waals surface area contributed by atoms with E-state index in [1.165, 1.54) is 49.7 Å². The van der Waals surface area contributed by atoms with Crippen LogP contribution in [0.1, 0.15) is 55.2 Å². The van der Waals surface area contributed by atoms with Gasteiger partial charge in [-0.2, -0.15) is 5.26 Å². The van der Waals surface area contributed by atoms with Crippen LogP contribution >= 0.6 is 0 Å². The molecule has 2 aromatic rings. The number of unbranched alkanes of at least 4 members (excludes halogenated alkanes) is 5. The van der Waals surface area contributed by atoms with E-state index in [2.05, 4.69) is 17.1 Å². The van der Waals surface area contributed by atoms with Crippen LogP contribution in [0.5, 0.6) is 5.75 Å². The van der Waals surface area contributed by atoms with Gasteiger partial charge in [0, 0.05) is 12.4 Å². The largest absolute Gasteiger partial charge is 0.497 e. The average molecular weight is 322 g/mol. The molecule has 0 unspecified atom stereocenters. The summed E-state index contributed by atoms with van der Waals surface area (Å²) < 4.78 is 5.25. The zero-order valence-electron chi connectivity index (χ0n) is 14.5. The summed E-state index contributed by atoms with van der Waals surface area (Å²) in [5.74, 6) is 0.777. The van der Waals surface area contributed by atoms with Gasteiger partial charge in [-0.3, -0.25) is 4.98 Å². The first kappa shape index (κ1) is 18.0. The second-order valence-corrected chi connectivity index (χ2v) is 6.16. The van der Waals surface area contributed by atoms with E-state index in [4.69, 9.17) is 10.00 Å². The predicted molar refractivity (Wildman–Crippen MR) is 97.1 cm³/mol. The van der Waals surface area contributed by atoms with E-state index in [1.807, 2.05) is 30.6 Å². The van der Waals surface area contributed by atoms with Crippen molar-refractivity contribution in [1.29, 1.82) is 5.26 Å². The van der Waals surface area contributed by atoms with Crippen LogP contribution in [0.15, 0.2) is 42.7 Å². The van der Waals surface area contributed by atoms with Gasteiger partial charge in [-0.15, -0.1) is 0 Å². The second-order valence-electron chi connectivity index (χ2n) is 6.16. The standard InChI is InChI=1S/C21H26N2O/c1-24-21-14-19(13-20(15-21)16-22)10-7-5-3-2-4-6-9-18-11-8-12-23-17-18/h8,11-15,17H,2-7,9-10H2,1H3. The molecule has 2 rings (SSSR count). The summed E-state index contributed by atoms with van der Waals surface area (Å²) in [7, 11) is 1.64. The summed E-state index contributed by atoms with van der Waals surface area (Å²) in [6.07, 6.45) is 13.4. The highest BCUT2D eigenvalue weighted by molar-refractivity contribution is 5.40. The average Bonchev–Trinajstić information content (AvgIpc) is 2.64. The molecule has 126 valence electrons. The first-order chi connectivity index (χ1) is 11.8. The number of aromatic nitrogens is 1. The maximum atomic E-state index is 9.05. The van der Waals surface area contributed by atoms with Crippen LogP contribution in [0.3, 0.4) is 0 Å². The van der Waals surface area contributed by atoms with Crippen molar-refractivity contribution in [1.82, 2.24) is 4.98 Å². The Hall–Kier alpha value is -2.34. The first-order valence-electron chi connectivity index (χ1n) is 8.79. The van der Waals surface area contributed by atoms with Gasteiger partial charge in [0.1, 0.15) is 5.75 Å². The Kier molecular flexibility index (Phi) is 7.83. The zero-order valence-corrected chi connectivity index (χ0v) is 14.5. The Morgan fingerprint density at radius 1 is 0.958 bits per heavy atom. The number of pyridine rings is 1. The van der Waals surface area contributed by atoms with Crippen molar-refractivity contribution in [3.63, 3.8) is 0 Å². The molecule has 24 heavy (non-hydrogen) atoms. The number of rotatable bonds is 10. The third-order valence-corrected chi connectivity index (χ3v) is 4.23. The van der Waals surface area contributed by atoms with Crippen molar-refractivity contribution in [3.8, 4) is 11.8 Å². The molecule has 3 heteroatoms. The molecule has 1 aromatic carbocycles. The van der Waals surface area contributed by atoms with Gasteiger partial charge in [0.25, 0.3) is 0 Å². The maximum absolute atomic E-state index is 9.05. The van der Waals surface area contributed by atoms with Gasteiger partial charge in [0.15, 0.2) is 0 Å². The van der Waals surface area contributed by atoms with Gasteiger partial charge in [0.2, 0.25) is 0 Å². The van der Waals surface area contributed by atoms with E-state index in [0.717, 1.165) is 18.6 Å². The summed E-state index contributed by atoms with van der Waals surface area (Å²) in [6.45, 7) is 0. The molecule has 3 nitrogen and oxygen atoms in total. The lowest BCUT2D eigenvalue weighted by molar-refractivity contribution is 0.414. The summed E-state index contributed by atoms with van der Waals surface area (Å²) in [6, 6.07) is 12.1. The number of nitriles is 1. The van der Waals surface area contributed by atoms with Crippen molar-refractivity contribution in [2.75, 3.05) is 7.11 Å². The Morgan fingerprint density at radius 2 is 1.67 bits per heavy atom. The summed E-state index contributed by atoms with van der Waals surface area (Å²) >= 11 is 0. The number of hydrogen-bond acceptors (Lipinski definition) is 3. The first-order valence-corrected chi connectivity index (χ1v) is 8.79. The predicted octanol–water partition coefficient (Wildman–Crippen LogP) is 5.09. The van der Waals surface area contributed by atoms with Crippen LogP contribution in [0.2, 0.25) is 0 Å². The van der Waals surface area contributed by atoms with E-state index >= 15 is 0 Å². The third-order valence-electron chi connectivity index (χ3n) is 4.23. The second kappa shape index (κ2) is 10.4. The van der Waals surface area contributed by atoms with Crippen LogP contribution in [0.4, 0.5) is 0 Å². The fourth-order valence-corrected chi connectivity index (χ4v) is 2.90. The van der Waals surface area contributed by atoms with Crippen molar-refractivity contribution in [2.45, 2.75) is 51.4 Å². The Bertz CT molecular complexity index is 647. The van der Waals surface area contributed by atoms with E-state index < -0.39 is 0 Å². The highest BCUT2D eigenvalue weighted by atomic mass is 16.5. The fourth-order valence-electron chi connectivity index (χ4n) is 2.90. The van der Waals surface area contributed by atoms with Crippen molar-refractivity contribution >= 4 is 0 Å². The van der Waals surface area contributed by atoms with Gasteiger partial charge >= 0.3 is 0 Å². The zero-order chi connectivity index (χ0) is 17.0. The van der Waals surface area contributed by atoms with Crippen molar-refractivity contribution in [2.24, 2.45) is 0 Å². The molecular formula is C21H26N2O. The van der Waals surface area contributed by atoms with Gasteiger partial charge in [0.05, 0.1) is 18.7 Å². The monoisotopic (exact) mass is 322 g/mol. The van der Waals surface area contributed by atoms with Crippen molar-refractivity contribution < 1.29 is 4.74 Å². The molecule has 0 fully saturated rings. The summed E-state index contributed by atoms with van der Waals surface area (Å²) in [4.78, 5) is 4.15. The van der Waals surface area contributed by atoms with Crippen LogP contribution in [-0.4, -0.2) is 12.1 Å². The smallest absolute Gasteiger partial charge is 0.120 e. The van der Waals surface area contributed by atoms with E-state index in [-0.39, 0.29) is 0 Å². The minimum Gasteiger partial charge on any atom is -0.497 e. The molecule has 0 N–H and O–H groups in total. The molecule has 0 radical (unpaired) electrons. The van der Waals surface area contributed by atoms with Crippen LogP contribution in [0.25, 0.3) is 0 Å².